The molecule has 0 atom stereocenters. The molecule has 0 saturated carbocycles. The van der Waals surface area contributed by atoms with Crippen LogP contribution in [0.15, 0.2) is 36.0 Å². The van der Waals surface area contributed by atoms with Crippen LogP contribution in [-0.2, 0) is 15.6 Å². The lowest BCUT2D eigenvalue weighted by Crippen LogP contribution is -2.00. The van der Waals surface area contributed by atoms with Gasteiger partial charge in [0.15, 0.2) is 9.84 Å². The van der Waals surface area contributed by atoms with Gasteiger partial charge in [-0.2, -0.15) is 10.5 Å². The highest BCUT2D eigenvalue weighted by atomic mass is 32.2. The number of sulfone groups is 1. The van der Waals surface area contributed by atoms with E-state index < -0.39 is 9.84 Å². The van der Waals surface area contributed by atoms with Gasteiger partial charge >= 0.3 is 0 Å². The smallest absolute Gasteiger partial charge is 0.151 e. The second-order valence-electron chi connectivity index (χ2n) is 3.69. The second kappa shape index (κ2) is 5.85. The Hall–Kier alpha value is -2.31. The van der Waals surface area contributed by atoms with E-state index in [1.807, 2.05) is 0 Å². The van der Waals surface area contributed by atoms with Crippen LogP contribution in [0.2, 0.25) is 0 Å². The highest BCUT2D eigenvalue weighted by molar-refractivity contribution is 7.89. The molecular weight excluding hydrogens is 250 g/mol. The molecule has 0 amide bonds. The minimum atomic E-state index is -3.04. The summed E-state index contributed by atoms with van der Waals surface area (Å²) < 4.78 is 22.2. The van der Waals surface area contributed by atoms with Gasteiger partial charge in [-0.25, -0.2) is 8.42 Å². The minimum Gasteiger partial charge on any atom is -0.360 e. The van der Waals surface area contributed by atoms with Crippen molar-refractivity contribution in [1.29, 1.82) is 10.5 Å². The van der Waals surface area contributed by atoms with Crippen LogP contribution in [-0.4, -0.2) is 14.7 Å². The number of anilines is 1. The first-order valence-corrected chi connectivity index (χ1v) is 7.04. The maximum atomic E-state index is 11.1. The summed E-state index contributed by atoms with van der Waals surface area (Å²) in [7, 11) is -3.04. The van der Waals surface area contributed by atoms with Crippen molar-refractivity contribution in [3.8, 4) is 12.1 Å². The third kappa shape index (κ3) is 4.69. The lowest BCUT2D eigenvalue weighted by molar-refractivity contribution is 0.601. The second-order valence-corrected chi connectivity index (χ2v) is 5.83. The quantitative estimate of drug-likeness (QED) is 0.830. The molecule has 0 aliphatic carbocycles. The van der Waals surface area contributed by atoms with Crippen LogP contribution in [0.4, 0.5) is 5.69 Å². The highest BCUT2D eigenvalue weighted by Crippen LogP contribution is 2.12. The molecule has 0 fully saturated rings. The van der Waals surface area contributed by atoms with Gasteiger partial charge in [0.25, 0.3) is 0 Å². The number of nitrogens with one attached hydrogen (secondary N) is 1. The number of allylic oxidation sites excluding steroid dienone is 1. The molecule has 0 spiro atoms. The summed E-state index contributed by atoms with van der Waals surface area (Å²) in [6.45, 7) is 0. The highest BCUT2D eigenvalue weighted by Gasteiger charge is 2.03. The number of benzene rings is 1. The summed E-state index contributed by atoms with van der Waals surface area (Å²) in [6.07, 6.45) is 2.47. The van der Waals surface area contributed by atoms with Crippen LogP contribution >= 0.6 is 0 Å². The lowest BCUT2D eigenvalue weighted by Gasteiger charge is -2.03. The van der Waals surface area contributed by atoms with Crippen LogP contribution in [0.25, 0.3) is 0 Å². The molecule has 1 aromatic carbocycles. The third-order valence-electron chi connectivity index (χ3n) is 2.01. The van der Waals surface area contributed by atoms with Crippen LogP contribution in [0.5, 0.6) is 0 Å². The molecule has 92 valence electrons. The fourth-order valence-corrected chi connectivity index (χ4v) is 2.04. The third-order valence-corrected chi connectivity index (χ3v) is 2.86. The first-order valence-electron chi connectivity index (χ1n) is 4.98. The van der Waals surface area contributed by atoms with Crippen LogP contribution in [0.3, 0.4) is 0 Å². The first-order chi connectivity index (χ1) is 8.44. The van der Waals surface area contributed by atoms with E-state index in [0.29, 0.717) is 11.3 Å². The molecule has 6 heteroatoms. The van der Waals surface area contributed by atoms with E-state index in [9.17, 15) is 8.42 Å². The average molecular weight is 261 g/mol. The Kier molecular flexibility index (Phi) is 4.47. The van der Waals surface area contributed by atoms with Gasteiger partial charge in [0, 0.05) is 18.1 Å². The first kappa shape index (κ1) is 13.8. The van der Waals surface area contributed by atoms with Crippen molar-refractivity contribution >= 4 is 15.5 Å². The van der Waals surface area contributed by atoms with Crippen molar-refractivity contribution in [1.82, 2.24) is 0 Å². The maximum Gasteiger partial charge on any atom is 0.151 e. The molecule has 0 aliphatic rings. The molecule has 0 saturated heterocycles. The Labute approximate surface area is 106 Å². The van der Waals surface area contributed by atoms with Crippen molar-refractivity contribution in [2.24, 2.45) is 0 Å². The Bertz CT molecular complexity index is 615. The van der Waals surface area contributed by atoms with Crippen molar-refractivity contribution in [3.05, 3.63) is 41.6 Å². The molecule has 0 aromatic heterocycles. The van der Waals surface area contributed by atoms with Crippen LogP contribution in [0.1, 0.15) is 5.56 Å². The minimum absolute atomic E-state index is 0.00917. The van der Waals surface area contributed by atoms with Gasteiger partial charge in [-0.05, 0) is 17.7 Å². The molecule has 0 heterocycles. The maximum absolute atomic E-state index is 11.1. The largest absolute Gasteiger partial charge is 0.360 e. The van der Waals surface area contributed by atoms with E-state index in [4.69, 9.17) is 10.5 Å². The van der Waals surface area contributed by atoms with Gasteiger partial charge in [0.2, 0.25) is 0 Å². The Morgan fingerprint density at radius 1 is 1.28 bits per heavy atom. The van der Waals surface area contributed by atoms with Crippen molar-refractivity contribution < 1.29 is 8.42 Å². The van der Waals surface area contributed by atoms with Gasteiger partial charge in [-0.15, -0.1) is 0 Å². The SMILES string of the molecule is CS(=O)(=O)Cc1ccc(NC=C(C#N)C#N)cc1. The van der Waals surface area contributed by atoms with E-state index >= 15 is 0 Å². The Morgan fingerprint density at radius 3 is 2.28 bits per heavy atom. The summed E-state index contributed by atoms with van der Waals surface area (Å²) >= 11 is 0. The summed E-state index contributed by atoms with van der Waals surface area (Å²) in [5.41, 5.74) is 1.33. The molecule has 1 rings (SSSR count). The topological polar surface area (TPSA) is 93.8 Å². The van der Waals surface area contributed by atoms with E-state index in [-0.39, 0.29) is 11.3 Å². The van der Waals surface area contributed by atoms with Gasteiger partial charge in [-0.1, -0.05) is 12.1 Å². The molecule has 0 radical (unpaired) electrons. The number of hydrogen-bond acceptors (Lipinski definition) is 5. The number of nitriles is 2. The van der Waals surface area contributed by atoms with E-state index in [0.717, 1.165) is 0 Å². The predicted octanol–water partition coefficient (Wildman–Crippen LogP) is 1.57. The van der Waals surface area contributed by atoms with E-state index in [1.54, 1.807) is 36.4 Å². The fourth-order valence-electron chi connectivity index (χ4n) is 1.24. The Morgan fingerprint density at radius 2 is 1.83 bits per heavy atom. The van der Waals surface area contributed by atoms with Gasteiger partial charge in [0.05, 0.1) is 5.75 Å². The molecule has 5 nitrogen and oxygen atoms in total. The lowest BCUT2D eigenvalue weighted by atomic mass is 10.2. The molecule has 0 bridgehead atoms. The molecule has 18 heavy (non-hydrogen) atoms. The van der Waals surface area contributed by atoms with Crippen LogP contribution < -0.4 is 5.32 Å². The normalized spacial score (nSPS) is 9.94. The zero-order valence-corrected chi connectivity index (χ0v) is 10.5. The number of rotatable bonds is 4. The standard InChI is InChI=1S/C12H11N3O2S/c1-18(16,17)9-10-2-4-12(5-3-10)15-8-11(6-13)7-14/h2-5,8,15H,9H2,1H3. The monoisotopic (exact) mass is 261 g/mol. The van der Waals surface area contributed by atoms with Gasteiger partial charge in [-0.3, -0.25) is 0 Å². The molecule has 0 aliphatic heterocycles. The zero-order chi connectivity index (χ0) is 13.6. The molecule has 1 aromatic rings. The fraction of sp³-hybridized carbons (Fsp3) is 0.167. The van der Waals surface area contributed by atoms with Crippen LogP contribution in [0, 0.1) is 22.7 Å². The van der Waals surface area contributed by atoms with Gasteiger partial charge in [0.1, 0.15) is 17.7 Å². The van der Waals surface area contributed by atoms with Crippen molar-refractivity contribution in [2.75, 3.05) is 11.6 Å². The summed E-state index contributed by atoms with van der Waals surface area (Å²) in [5, 5.41) is 19.8. The summed E-state index contributed by atoms with van der Waals surface area (Å²) in [6, 6.07) is 10.2. The number of hydrogen-bond donors (Lipinski definition) is 1. The van der Waals surface area contributed by atoms with Crippen molar-refractivity contribution in [3.63, 3.8) is 0 Å². The van der Waals surface area contributed by atoms with E-state index in [2.05, 4.69) is 5.32 Å². The Balaban J connectivity index is 2.77. The molecular formula is C12H11N3O2S. The van der Waals surface area contributed by atoms with E-state index in [1.165, 1.54) is 12.5 Å². The van der Waals surface area contributed by atoms with Crippen molar-refractivity contribution in [2.45, 2.75) is 5.75 Å². The zero-order valence-electron chi connectivity index (χ0n) is 9.71. The predicted molar refractivity (Wildman–Crippen MR) is 67.9 cm³/mol. The molecule has 1 N–H and O–H groups in total. The summed E-state index contributed by atoms with van der Waals surface area (Å²) in [4.78, 5) is 0. The number of nitrogens with zero attached hydrogens (tertiary/aromatic N) is 2. The van der Waals surface area contributed by atoms with Gasteiger partial charge < -0.3 is 5.32 Å². The molecule has 0 unspecified atom stereocenters. The average Bonchev–Trinajstić information content (AvgIpc) is 2.30. The summed E-state index contributed by atoms with van der Waals surface area (Å²) in [5.74, 6) is -0.00917.